The molecule has 3 rings (SSSR count). The van der Waals surface area contributed by atoms with Crippen LogP contribution in [-0.4, -0.2) is 39.6 Å². The number of carbonyl (C=O) groups excluding carboxylic acids is 2. The van der Waals surface area contributed by atoms with Gasteiger partial charge >= 0.3 is 0 Å². The number of sulfonamides is 1. The van der Waals surface area contributed by atoms with Crippen molar-refractivity contribution in [2.45, 2.75) is 29.6 Å². The van der Waals surface area contributed by atoms with Crippen LogP contribution in [0.4, 0.5) is 15.8 Å². The first-order valence-corrected chi connectivity index (χ1v) is 14.0. The smallest absolute Gasteiger partial charge is 0.264 e. The Hall–Kier alpha value is -3.37. The number of anilines is 2. The fourth-order valence-corrected chi connectivity index (χ4v) is 5.23. The van der Waals surface area contributed by atoms with Gasteiger partial charge in [-0.2, -0.15) is 0 Å². The van der Waals surface area contributed by atoms with E-state index in [1.54, 1.807) is 36.4 Å². The number of para-hydroxylation sites is 1. The van der Waals surface area contributed by atoms with E-state index in [1.165, 1.54) is 42.1 Å². The second-order valence-corrected chi connectivity index (χ2v) is 10.6. The maximum Gasteiger partial charge on any atom is 0.264 e. The van der Waals surface area contributed by atoms with Gasteiger partial charge in [0, 0.05) is 11.4 Å². The molecule has 2 amide bonds. The summed E-state index contributed by atoms with van der Waals surface area (Å²) in [6.07, 6.45) is 3.61. The number of nitrogens with one attached hydrogen (secondary N) is 2. The number of carbonyl (C=O) groups is 2. The zero-order valence-corrected chi connectivity index (χ0v) is 21.7. The van der Waals surface area contributed by atoms with Crippen LogP contribution in [0.1, 0.15) is 30.1 Å². The molecule has 0 fully saturated rings. The van der Waals surface area contributed by atoms with Crippen molar-refractivity contribution in [3.05, 3.63) is 84.2 Å². The number of rotatable bonds is 11. The third-order valence-corrected chi connectivity index (χ3v) is 7.82. The number of hydrogen-bond acceptors (Lipinski definition) is 5. The average Bonchev–Trinajstić information content (AvgIpc) is 2.87. The van der Waals surface area contributed by atoms with Crippen LogP contribution in [0.25, 0.3) is 0 Å². The molecule has 0 aliphatic rings. The van der Waals surface area contributed by atoms with Gasteiger partial charge in [-0.05, 0) is 67.3 Å². The van der Waals surface area contributed by atoms with Gasteiger partial charge in [-0.1, -0.05) is 31.5 Å². The molecular formula is C26H28FN3O4S2. The normalized spacial score (nSPS) is 11.1. The molecule has 0 saturated carbocycles. The van der Waals surface area contributed by atoms with Crippen molar-refractivity contribution < 1.29 is 22.4 Å². The summed E-state index contributed by atoms with van der Waals surface area (Å²) in [4.78, 5) is 26.5. The summed E-state index contributed by atoms with van der Waals surface area (Å²) in [6, 6.07) is 17.7. The van der Waals surface area contributed by atoms with E-state index in [2.05, 4.69) is 10.6 Å². The summed E-state index contributed by atoms with van der Waals surface area (Å²) in [7, 11) is -4.21. The summed E-state index contributed by atoms with van der Waals surface area (Å²) in [5, 5.41) is 5.44. The molecule has 0 radical (unpaired) electrons. The Balaban J connectivity index is 1.89. The third kappa shape index (κ3) is 6.86. The number of thioether (sulfide) groups is 1. The molecule has 0 saturated heterocycles. The van der Waals surface area contributed by atoms with E-state index in [9.17, 15) is 22.4 Å². The Morgan fingerprint density at radius 3 is 2.39 bits per heavy atom. The van der Waals surface area contributed by atoms with Gasteiger partial charge in [0.05, 0.1) is 21.8 Å². The Morgan fingerprint density at radius 2 is 1.72 bits per heavy atom. The van der Waals surface area contributed by atoms with E-state index in [0.29, 0.717) is 6.54 Å². The summed E-state index contributed by atoms with van der Waals surface area (Å²) in [6.45, 7) is 1.89. The van der Waals surface area contributed by atoms with E-state index < -0.39 is 28.3 Å². The van der Waals surface area contributed by atoms with Crippen LogP contribution in [0, 0.1) is 5.82 Å². The molecule has 7 nitrogen and oxygen atoms in total. The quantitative estimate of drug-likeness (QED) is 0.272. The molecule has 0 heterocycles. The van der Waals surface area contributed by atoms with Crippen molar-refractivity contribution in [2.75, 3.05) is 29.0 Å². The summed E-state index contributed by atoms with van der Waals surface area (Å²) >= 11 is 1.46. The zero-order chi connectivity index (χ0) is 26.1. The topological polar surface area (TPSA) is 95.6 Å². The molecule has 0 unspecified atom stereocenters. The zero-order valence-electron chi connectivity index (χ0n) is 20.0. The maximum atomic E-state index is 14.0. The molecule has 0 aliphatic heterocycles. The molecule has 3 aromatic rings. The Morgan fingerprint density at radius 1 is 1.00 bits per heavy atom. The van der Waals surface area contributed by atoms with Crippen molar-refractivity contribution in [2.24, 2.45) is 0 Å². The molecule has 190 valence electrons. The van der Waals surface area contributed by atoms with Gasteiger partial charge in [-0.25, -0.2) is 12.8 Å². The predicted molar refractivity (Wildman–Crippen MR) is 141 cm³/mol. The maximum absolute atomic E-state index is 14.0. The first-order valence-electron chi connectivity index (χ1n) is 11.4. The molecule has 2 N–H and O–H groups in total. The Kier molecular flexibility index (Phi) is 9.49. The van der Waals surface area contributed by atoms with E-state index in [0.717, 1.165) is 28.1 Å². The van der Waals surface area contributed by atoms with Gasteiger partial charge in [0.2, 0.25) is 5.91 Å². The number of benzene rings is 3. The SMILES string of the molecule is CCCCNC(=O)c1ccccc1NC(=O)CN(c1cccc(F)c1)S(=O)(=O)c1ccc(SC)cc1. The monoisotopic (exact) mass is 529 g/mol. The van der Waals surface area contributed by atoms with Crippen LogP contribution in [0.15, 0.2) is 82.6 Å². The lowest BCUT2D eigenvalue weighted by Gasteiger charge is -2.24. The van der Waals surface area contributed by atoms with Crippen LogP contribution in [0.3, 0.4) is 0 Å². The van der Waals surface area contributed by atoms with Crippen molar-refractivity contribution in [3.63, 3.8) is 0 Å². The number of unbranched alkanes of at least 4 members (excludes halogenated alkanes) is 1. The van der Waals surface area contributed by atoms with Gasteiger partial charge < -0.3 is 10.6 Å². The minimum atomic E-state index is -4.21. The minimum Gasteiger partial charge on any atom is -0.352 e. The van der Waals surface area contributed by atoms with Gasteiger partial charge in [0.1, 0.15) is 12.4 Å². The second-order valence-electron chi connectivity index (χ2n) is 7.87. The van der Waals surface area contributed by atoms with E-state index >= 15 is 0 Å². The van der Waals surface area contributed by atoms with Crippen LogP contribution >= 0.6 is 11.8 Å². The molecule has 0 spiro atoms. The highest BCUT2D eigenvalue weighted by Gasteiger charge is 2.28. The van der Waals surface area contributed by atoms with Crippen LogP contribution < -0.4 is 14.9 Å². The summed E-state index contributed by atoms with van der Waals surface area (Å²) < 4.78 is 41.9. The standard InChI is InChI=1S/C26H28FN3O4S2/c1-3-4-16-28-26(32)23-10-5-6-11-24(23)29-25(31)18-30(20-9-7-8-19(27)17-20)36(33,34)22-14-12-21(35-2)13-15-22/h5-15,17H,3-4,16,18H2,1-2H3,(H,28,32)(H,29,31). The van der Waals surface area contributed by atoms with Crippen molar-refractivity contribution in [1.29, 1.82) is 0 Å². The Labute approximate surface area is 215 Å². The average molecular weight is 530 g/mol. The fourth-order valence-electron chi connectivity index (χ4n) is 3.41. The first kappa shape index (κ1) is 27.2. The van der Waals surface area contributed by atoms with Crippen molar-refractivity contribution >= 4 is 45.0 Å². The van der Waals surface area contributed by atoms with Crippen molar-refractivity contribution in [3.8, 4) is 0 Å². The van der Waals surface area contributed by atoms with Gasteiger partial charge in [0.15, 0.2) is 0 Å². The molecule has 10 heteroatoms. The number of nitrogens with zero attached hydrogens (tertiary/aromatic N) is 1. The van der Waals surface area contributed by atoms with Crippen LogP contribution in [-0.2, 0) is 14.8 Å². The number of amides is 2. The lowest BCUT2D eigenvalue weighted by atomic mass is 10.1. The largest absolute Gasteiger partial charge is 0.352 e. The van der Waals surface area contributed by atoms with Crippen molar-refractivity contribution in [1.82, 2.24) is 5.32 Å². The molecular weight excluding hydrogens is 501 g/mol. The Bertz CT molecular complexity index is 1310. The van der Waals surface area contributed by atoms with Crippen LogP contribution in [0.2, 0.25) is 0 Å². The highest BCUT2D eigenvalue weighted by atomic mass is 32.2. The van der Waals surface area contributed by atoms with Crippen LogP contribution in [0.5, 0.6) is 0 Å². The minimum absolute atomic E-state index is 0.00434. The third-order valence-electron chi connectivity index (χ3n) is 5.29. The molecule has 3 aromatic carbocycles. The number of halogens is 1. The lowest BCUT2D eigenvalue weighted by molar-refractivity contribution is -0.114. The highest BCUT2D eigenvalue weighted by molar-refractivity contribution is 7.98. The fraction of sp³-hybridized carbons (Fsp3) is 0.231. The summed E-state index contributed by atoms with van der Waals surface area (Å²) in [5.74, 6) is -1.67. The predicted octanol–water partition coefficient (Wildman–Crippen LogP) is 4.91. The van der Waals surface area contributed by atoms with Gasteiger partial charge in [0.25, 0.3) is 15.9 Å². The second kappa shape index (κ2) is 12.5. The highest BCUT2D eigenvalue weighted by Crippen LogP contribution is 2.26. The molecule has 0 aromatic heterocycles. The van der Waals surface area contributed by atoms with E-state index in [4.69, 9.17) is 0 Å². The lowest BCUT2D eigenvalue weighted by Crippen LogP contribution is -2.38. The molecule has 36 heavy (non-hydrogen) atoms. The number of hydrogen-bond donors (Lipinski definition) is 2. The first-order chi connectivity index (χ1) is 17.3. The molecule has 0 bridgehead atoms. The molecule has 0 aliphatic carbocycles. The van der Waals surface area contributed by atoms with E-state index in [-0.39, 0.29) is 27.7 Å². The molecule has 0 atom stereocenters. The van der Waals surface area contributed by atoms with Gasteiger partial charge in [-0.15, -0.1) is 11.8 Å². The van der Waals surface area contributed by atoms with E-state index in [1.807, 2.05) is 13.2 Å². The van der Waals surface area contributed by atoms with Gasteiger partial charge in [-0.3, -0.25) is 13.9 Å². The summed E-state index contributed by atoms with van der Waals surface area (Å²) in [5.41, 5.74) is 0.511.